The maximum absolute atomic E-state index is 11.7. The summed E-state index contributed by atoms with van der Waals surface area (Å²) in [6, 6.07) is 18.0. The molecule has 1 aliphatic rings. The largest absolute Gasteiger partial charge is 0.457 e. The van der Waals surface area contributed by atoms with Crippen LogP contribution in [0.2, 0.25) is 0 Å². The van der Waals surface area contributed by atoms with E-state index in [-0.39, 0.29) is 16.7 Å². The predicted molar refractivity (Wildman–Crippen MR) is 137 cm³/mol. The molecule has 1 aliphatic heterocycles. The molecule has 0 aliphatic carbocycles. The van der Waals surface area contributed by atoms with E-state index in [0.717, 1.165) is 49.4 Å². The minimum absolute atomic E-state index is 0.0757. The zero-order valence-electron chi connectivity index (χ0n) is 20.4. The van der Waals surface area contributed by atoms with Gasteiger partial charge in [0.2, 0.25) is 0 Å². The van der Waals surface area contributed by atoms with Crippen LogP contribution in [-0.4, -0.2) is 29.0 Å². The van der Waals surface area contributed by atoms with Crippen LogP contribution in [-0.2, 0) is 6.54 Å². The highest BCUT2D eigenvalue weighted by Gasteiger charge is 2.23. The zero-order chi connectivity index (χ0) is 24.2. The second-order valence-corrected chi connectivity index (χ2v) is 9.45. The number of nitrogens with one attached hydrogen (secondary N) is 1. The van der Waals surface area contributed by atoms with Crippen molar-refractivity contribution >= 4 is 11.4 Å². The van der Waals surface area contributed by atoms with Gasteiger partial charge >= 0.3 is 0 Å². The highest BCUT2D eigenvalue weighted by molar-refractivity contribution is 5.65. The molecule has 3 aromatic rings. The van der Waals surface area contributed by atoms with Gasteiger partial charge in [0.05, 0.1) is 4.92 Å². The maximum atomic E-state index is 11.7. The summed E-state index contributed by atoms with van der Waals surface area (Å²) in [5.41, 5.74) is 6.46. The minimum atomic E-state index is -0.332. The Morgan fingerprint density at radius 3 is 2.21 bits per heavy atom. The number of anilines is 1. The summed E-state index contributed by atoms with van der Waals surface area (Å²) < 4.78 is 6.18. The number of benzene rings is 3. The van der Waals surface area contributed by atoms with Gasteiger partial charge in [-0.05, 0) is 63.3 Å². The van der Waals surface area contributed by atoms with Gasteiger partial charge in [0.15, 0.2) is 0 Å². The van der Waals surface area contributed by atoms with Crippen molar-refractivity contribution in [1.29, 1.82) is 0 Å². The molecular formula is C28H33N3O3. The molecule has 0 aromatic heterocycles. The number of piperidine rings is 1. The number of nitro benzene ring substituents is 1. The fraction of sp³-hybridized carbons (Fsp3) is 0.357. The topological polar surface area (TPSA) is 67.6 Å². The van der Waals surface area contributed by atoms with Gasteiger partial charge in [0.1, 0.15) is 17.2 Å². The first kappa shape index (κ1) is 23.8. The van der Waals surface area contributed by atoms with E-state index in [4.69, 9.17) is 4.74 Å². The Kier molecular flexibility index (Phi) is 7.17. The molecule has 0 bridgehead atoms. The average Bonchev–Trinajstić information content (AvgIpc) is 2.79. The molecule has 6 nitrogen and oxygen atoms in total. The molecule has 0 spiro atoms. The van der Waals surface area contributed by atoms with Gasteiger partial charge in [0.25, 0.3) is 5.69 Å². The first-order valence-electron chi connectivity index (χ1n) is 11.9. The second kappa shape index (κ2) is 10.3. The Bertz CT molecular complexity index is 1140. The highest BCUT2D eigenvalue weighted by atomic mass is 16.6. The summed E-state index contributed by atoms with van der Waals surface area (Å²) in [7, 11) is 0. The van der Waals surface area contributed by atoms with Crippen LogP contribution in [0.25, 0.3) is 0 Å². The van der Waals surface area contributed by atoms with Crippen LogP contribution >= 0.6 is 0 Å². The fourth-order valence-corrected chi connectivity index (χ4v) is 4.71. The van der Waals surface area contributed by atoms with Crippen molar-refractivity contribution in [3.63, 3.8) is 0 Å². The van der Waals surface area contributed by atoms with E-state index >= 15 is 0 Å². The Hall–Kier alpha value is -3.38. The number of likely N-dealkylation sites (tertiary alicyclic amines) is 1. The van der Waals surface area contributed by atoms with Gasteiger partial charge in [-0.15, -0.1) is 0 Å². The first-order valence-corrected chi connectivity index (χ1v) is 11.9. The first-order chi connectivity index (χ1) is 16.3. The smallest absolute Gasteiger partial charge is 0.292 e. The molecule has 1 N–H and O–H groups in total. The zero-order valence-corrected chi connectivity index (χ0v) is 20.4. The van der Waals surface area contributed by atoms with Crippen molar-refractivity contribution in [2.24, 2.45) is 0 Å². The molecule has 0 atom stereocenters. The lowest BCUT2D eigenvalue weighted by Gasteiger charge is -2.32. The SMILES string of the molecule is Cc1ccc(CN2CCC(Nc3cc(Oc4c(C)cc(C)cc4C)ccc3[N+](=O)[O-])CC2)cc1. The van der Waals surface area contributed by atoms with Gasteiger partial charge in [-0.3, -0.25) is 15.0 Å². The molecule has 0 radical (unpaired) electrons. The van der Waals surface area contributed by atoms with Crippen LogP contribution in [0.15, 0.2) is 54.6 Å². The lowest BCUT2D eigenvalue weighted by Crippen LogP contribution is -2.38. The van der Waals surface area contributed by atoms with E-state index in [2.05, 4.69) is 60.5 Å². The molecule has 1 saturated heterocycles. The molecule has 1 heterocycles. The molecule has 34 heavy (non-hydrogen) atoms. The molecule has 1 fully saturated rings. The van der Waals surface area contributed by atoms with Crippen molar-refractivity contribution in [3.8, 4) is 11.5 Å². The summed E-state index contributed by atoms with van der Waals surface area (Å²) in [4.78, 5) is 13.8. The molecule has 0 unspecified atom stereocenters. The van der Waals surface area contributed by atoms with Crippen molar-refractivity contribution in [1.82, 2.24) is 4.90 Å². The van der Waals surface area contributed by atoms with E-state index in [1.54, 1.807) is 12.1 Å². The highest BCUT2D eigenvalue weighted by Crippen LogP contribution is 2.35. The third-order valence-electron chi connectivity index (χ3n) is 6.46. The Balaban J connectivity index is 1.44. The van der Waals surface area contributed by atoms with Gasteiger partial charge in [-0.1, -0.05) is 47.5 Å². The number of nitro groups is 1. The number of aryl methyl sites for hydroxylation is 4. The maximum Gasteiger partial charge on any atom is 0.292 e. The summed E-state index contributed by atoms with van der Waals surface area (Å²) in [6.07, 6.45) is 1.87. The number of hydrogen-bond donors (Lipinski definition) is 1. The molecule has 4 rings (SSSR count). The van der Waals surface area contributed by atoms with E-state index in [9.17, 15) is 10.1 Å². The van der Waals surface area contributed by atoms with Crippen LogP contribution < -0.4 is 10.1 Å². The van der Waals surface area contributed by atoms with Gasteiger partial charge in [-0.2, -0.15) is 0 Å². The van der Waals surface area contributed by atoms with Crippen molar-refractivity contribution in [3.05, 3.63) is 92.5 Å². The molecule has 6 heteroatoms. The number of rotatable bonds is 7. The molecule has 0 amide bonds. The van der Waals surface area contributed by atoms with Crippen molar-refractivity contribution in [2.45, 2.75) is 53.1 Å². The van der Waals surface area contributed by atoms with Gasteiger partial charge < -0.3 is 10.1 Å². The third kappa shape index (κ3) is 5.75. The Labute approximate surface area is 201 Å². The van der Waals surface area contributed by atoms with E-state index in [1.807, 2.05) is 13.8 Å². The van der Waals surface area contributed by atoms with Gasteiger partial charge in [0, 0.05) is 37.8 Å². The number of ether oxygens (including phenoxy) is 1. The van der Waals surface area contributed by atoms with Crippen LogP contribution in [0.5, 0.6) is 11.5 Å². The van der Waals surface area contributed by atoms with Crippen molar-refractivity contribution in [2.75, 3.05) is 18.4 Å². The summed E-state index contributed by atoms with van der Waals surface area (Å²) in [6.45, 7) is 11.0. The predicted octanol–water partition coefficient (Wildman–Crippen LogP) is 6.70. The average molecular weight is 460 g/mol. The standard InChI is InChI=1S/C28H33N3O3/c1-19-5-7-23(8-6-19)18-30-13-11-24(12-14-30)29-26-17-25(9-10-27(26)31(32)33)34-28-21(3)15-20(2)16-22(28)4/h5-10,15-17,24,29H,11-14,18H2,1-4H3. The van der Waals surface area contributed by atoms with Crippen LogP contribution in [0.4, 0.5) is 11.4 Å². The summed E-state index contributed by atoms with van der Waals surface area (Å²) in [5, 5.41) is 15.1. The van der Waals surface area contributed by atoms with Crippen LogP contribution in [0, 0.1) is 37.8 Å². The molecular weight excluding hydrogens is 426 g/mol. The van der Waals surface area contributed by atoms with E-state index in [1.165, 1.54) is 22.8 Å². The third-order valence-corrected chi connectivity index (χ3v) is 6.46. The van der Waals surface area contributed by atoms with E-state index in [0.29, 0.717) is 11.4 Å². The summed E-state index contributed by atoms with van der Waals surface area (Å²) >= 11 is 0. The quantitative estimate of drug-likeness (QED) is 0.315. The fourth-order valence-electron chi connectivity index (χ4n) is 4.71. The lowest BCUT2D eigenvalue weighted by molar-refractivity contribution is -0.384. The van der Waals surface area contributed by atoms with Crippen LogP contribution in [0.3, 0.4) is 0 Å². The van der Waals surface area contributed by atoms with Crippen LogP contribution in [0.1, 0.15) is 40.7 Å². The molecule has 0 saturated carbocycles. The monoisotopic (exact) mass is 459 g/mol. The number of nitrogens with zero attached hydrogens (tertiary/aromatic N) is 2. The molecule has 3 aromatic carbocycles. The normalized spacial score (nSPS) is 14.7. The van der Waals surface area contributed by atoms with E-state index < -0.39 is 0 Å². The number of hydrogen-bond acceptors (Lipinski definition) is 5. The van der Waals surface area contributed by atoms with Gasteiger partial charge in [-0.25, -0.2) is 0 Å². The van der Waals surface area contributed by atoms with Crippen molar-refractivity contribution < 1.29 is 9.66 Å². The summed E-state index contributed by atoms with van der Waals surface area (Å²) in [5.74, 6) is 1.40. The minimum Gasteiger partial charge on any atom is -0.457 e. The Morgan fingerprint density at radius 2 is 1.59 bits per heavy atom. The lowest BCUT2D eigenvalue weighted by atomic mass is 10.0. The second-order valence-electron chi connectivity index (χ2n) is 9.45. The Morgan fingerprint density at radius 1 is 0.941 bits per heavy atom. The molecule has 178 valence electrons.